The molecule has 9 heteroatoms. The molecule has 6 nitrogen and oxygen atoms in total. The summed E-state index contributed by atoms with van der Waals surface area (Å²) in [5.41, 5.74) is 3.65. The number of thiazole rings is 1. The van der Waals surface area contributed by atoms with E-state index in [1.807, 2.05) is 49.4 Å². The Morgan fingerprint density at radius 1 is 1.35 bits per heavy atom. The number of ether oxygens (including phenoxy) is 1. The number of rotatable bonds is 8. The van der Waals surface area contributed by atoms with E-state index in [0.29, 0.717) is 33.6 Å². The van der Waals surface area contributed by atoms with Gasteiger partial charge in [0.2, 0.25) is 0 Å². The molecule has 0 atom stereocenters. The minimum atomic E-state index is 0.323. The first-order valence-electron chi connectivity index (χ1n) is 9.44. The van der Waals surface area contributed by atoms with Crippen molar-refractivity contribution < 1.29 is 9.94 Å². The molecule has 162 valence electrons. The third kappa shape index (κ3) is 5.76. The van der Waals surface area contributed by atoms with Crippen molar-refractivity contribution in [3.8, 4) is 5.75 Å². The third-order valence-corrected chi connectivity index (χ3v) is 6.11. The number of hydrogen-bond acceptors (Lipinski definition) is 6. The van der Waals surface area contributed by atoms with Crippen LogP contribution in [0.4, 0.5) is 0 Å². The van der Waals surface area contributed by atoms with Crippen LogP contribution in [0.2, 0.25) is 9.49 Å². The molecule has 0 saturated carbocycles. The van der Waals surface area contributed by atoms with Crippen LogP contribution in [0, 0.1) is 6.92 Å². The molecule has 0 radical (unpaired) electrons. The molecule has 0 bridgehead atoms. The van der Waals surface area contributed by atoms with Crippen molar-refractivity contribution in [2.24, 2.45) is 12.2 Å². The van der Waals surface area contributed by atoms with E-state index in [0.717, 1.165) is 27.6 Å². The quantitative estimate of drug-likeness (QED) is 0.243. The van der Waals surface area contributed by atoms with E-state index >= 15 is 0 Å². The van der Waals surface area contributed by atoms with Crippen molar-refractivity contribution in [3.05, 3.63) is 73.9 Å². The van der Waals surface area contributed by atoms with Crippen molar-refractivity contribution in [2.75, 3.05) is 7.11 Å². The minimum absolute atomic E-state index is 0.323. The number of allylic oxidation sites excluding steroid dienone is 3. The van der Waals surface area contributed by atoms with Gasteiger partial charge in [0.15, 0.2) is 0 Å². The van der Waals surface area contributed by atoms with Gasteiger partial charge in [-0.05, 0) is 31.0 Å². The molecule has 0 aliphatic rings. The maximum absolute atomic E-state index is 9.80. The summed E-state index contributed by atoms with van der Waals surface area (Å²) in [6.45, 7) is 1.87. The smallest absolute Gasteiger partial charge is 0.134 e. The lowest BCUT2D eigenvalue weighted by atomic mass is 9.98. The van der Waals surface area contributed by atoms with Gasteiger partial charge in [-0.2, -0.15) is 5.10 Å². The summed E-state index contributed by atoms with van der Waals surface area (Å²) in [5.74, 6) is 0.799. The molecule has 0 spiro atoms. The fourth-order valence-electron chi connectivity index (χ4n) is 3.13. The fourth-order valence-corrected chi connectivity index (χ4v) is 4.37. The number of methoxy groups -OCH3 is 1. The number of benzene rings is 1. The molecule has 0 aliphatic heterocycles. The predicted octanol–water partition coefficient (Wildman–Crippen LogP) is 6.06. The van der Waals surface area contributed by atoms with Gasteiger partial charge in [-0.15, -0.1) is 11.3 Å². The predicted molar refractivity (Wildman–Crippen MR) is 128 cm³/mol. The zero-order chi connectivity index (χ0) is 22.4. The zero-order valence-corrected chi connectivity index (χ0v) is 19.7. The van der Waals surface area contributed by atoms with Crippen molar-refractivity contribution in [2.45, 2.75) is 19.8 Å². The van der Waals surface area contributed by atoms with Crippen LogP contribution in [0.25, 0.3) is 11.6 Å². The highest BCUT2D eigenvalue weighted by molar-refractivity contribution is 7.15. The lowest BCUT2D eigenvalue weighted by Gasteiger charge is -2.09. The average molecular weight is 477 g/mol. The van der Waals surface area contributed by atoms with Gasteiger partial charge in [0.05, 0.1) is 24.7 Å². The normalized spacial score (nSPS) is 12.7. The van der Waals surface area contributed by atoms with Crippen LogP contribution in [0.15, 0.2) is 47.8 Å². The van der Waals surface area contributed by atoms with E-state index in [2.05, 4.69) is 15.2 Å². The number of aryl methyl sites for hydroxylation is 2. The van der Waals surface area contributed by atoms with E-state index in [-0.39, 0.29) is 0 Å². The van der Waals surface area contributed by atoms with Gasteiger partial charge < -0.3 is 9.94 Å². The molecule has 1 aromatic carbocycles. The fraction of sp³-hybridized carbons (Fsp3) is 0.227. The second kappa shape index (κ2) is 10.6. The molecule has 0 unspecified atom stereocenters. The first-order valence-corrected chi connectivity index (χ1v) is 11.0. The topological polar surface area (TPSA) is 72.5 Å². The average Bonchev–Trinajstić information content (AvgIpc) is 3.28. The summed E-state index contributed by atoms with van der Waals surface area (Å²) in [6.07, 6.45) is 8.49. The highest BCUT2D eigenvalue weighted by Crippen LogP contribution is 2.30. The number of nitrogens with zero attached hydrogens (tertiary/aromatic N) is 4. The maximum atomic E-state index is 9.80. The van der Waals surface area contributed by atoms with Crippen molar-refractivity contribution >= 4 is 51.9 Å². The van der Waals surface area contributed by atoms with Crippen LogP contribution in [-0.2, 0) is 13.5 Å². The summed E-state index contributed by atoms with van der Waals surface area (Å²) in [7, 11) is 3.42. The van der Waals surface area contributed by atoms with Crippen molar-refractivity contribution in [1.82, 2.24) is 14.8 Å². The van der Waals surface area contributed by atoms with E-state index < -0.39 is 0 Å². The lowest BCUT2D eigenvalue weighted by molar-refractivity contribution is 0.319. The second-order valence-corrected chi connectivity index (χ2v) is 8.79. The van der Waals surface area contributed by atoms with Gasteiger partial charge in [0, 0.05) is 24.6 Å². The highest BCUT2D eigenvalue weighted by Gasteiger charge is 2.21. The van der Waals surface area contributed by atoms with Gasteiger partial charge >= 0.3 is 0 Å². The molecule has 0 amide bonds. The van der Waals surface area contributed by atoms with Gasteiger partial charge in [0.25, 0.3) is 0 Å². The maximum Gasteiger partial charge on any atom is 0.134 e. The van der Waals surface area contributed by atoms with Crippen molar-refractivity contribution in [3.63, 3.8) is 0 Å². The zero-order valence-electron chi connectivity index (χ0n) is 17.3. The molecule has 2 heterocycles. The largest absolute Gasteiger partial charge is 0.497 e. The SMILES string of the molecule is COc1cccc(C=CCC=C(C(Cc2ncc(Cl)s2)=NO)c2c(C)nn(C)c2Cl)c1. The van der Waals surface area contributed by atoms with Crippen LogP contribution < -0.4 is 4.74 Å². The molecular weight excluding hydrogens is 455 g/mol. The number of hydrogen-bond donors (Lipinski definition) is 1. The Labute approximate surface area is 195 Å². The Kier molecular flexibility index (Phi) is 7.90. The van der Waals surface area contributed by atoms with Crippen LogP contribution in [0.5, 0.6) is 5.75 Å². The van der Waals surface area contributed by atoms with Gasteiger partial charge in [-0.25, -0.2) is 4.98 Å². The Hall–Kier alpha value is -2.61. The summed E-state index contributed by atoms with van der Waals surface area (Å²) in [5, 5.41) is 19.0. The van der Waals surface area contributed by atoms with Crippen LogP contribution >= 0.6 is 34.5 Å². The van der Waals surface area contributed by atoms with Gasteiger partial charge in [-0.3, -0.25) is 4.68 Å². The van der Waals surface area contributed by atoms with Gasteiger partial charge in [-0.1, -0.05) is 58.7 Å². The first-order chi connectivity index (χ1) is 14.9. The molecule has 0 fully saturated rings. The molecular formula is C22H22Cl2N4O2S. The standard InChI is InChI=1S/C22H22Cl2N4O2S/c1-14-21(22(24)28(2)26-14)17(18(27-29)12-20-25-13-19(23)31-20)10-5-4-7-15-8-6-9-16(11-15)30-3/h4,6-11,13,29H,5,12H2,1-3H3. The number of aromatic nitrogens is 3. The van der Waals surface area contributed by atoms with E-state index in [9.17, 15) is 5.21 Å². The molecule has 3 aromatic rings. The summed E-state index contributed by atoms with van der Waals surface area (Å²) < 4.78 is 7.44. The highest BCUT2D eigenvalue weighted by atomic mass is 35.5. The molecule has 1 N–H and O–H groups in total. The Morgan fingerprint density at radius 3 is 2.77 bits per heavy atom. The molecule has 0 aliphatic carbocycles. The Bertz CT molecular complexity index is 1150. The molecule has 31 heavy (non-hydrogen) atoms. The number of oxime groups is 1. The second-order valence-electron chi connectivity index (χ2n) is 6.69. The minimum Gasteiger partial charge on any atom is -0.497 e. The van der Waals surface area contributed by atoms with Gasteiger partial charge in [0.1, 0.15) is 20.2 Å². The number of halogens is 2. The Balaban J connectivity index is 1.92. The molecule has 2 aromatic heterocycles. The lowest BCUT2D eigenvalue weighted by Crippen LogP contribution is -2.08. The van der Waals surface area contributed by atoms with Crippen LogP contribution in [0.3, 0.4) is 0 Å². The van der Waals surface area contributed by atoms with Crippen molar-refractivity contribution in [1.29, 1.82) is 0 Å². The van der Waals surface area contributed by atoms with Crippen LogP contribution in [-0.4, -0.2) is 32.8 Å². The summed E-state index contributed by atoms with van der Waals surface area (Å²) in [6, 6.07) is 7.79. The van der Waals surface area contributed by atoms with E-state index in [1.54, 1.807) is 25.0 Å². The summed E-state index contributed by atoms with van der Waals surface area (Å²) >= 11 is 13.9. The van der Waals surface area contributed by atoms with Crippen LogP contribution in [0.1, 0.15) is 28.2 Å². The molecule has 0 saturated heterocycles. The molecule has 3 rings (SSSR count). The third-order valence-electron chi connectivity index (χ3n) is 4.56. The first kappa shape index (κ1) is 23.1. The van der Waals surface area contributed by atoms with E-state index in [1.165, 1.54) is 11.3 Å². The summed E-state index contributed by atoms with van der Waals surface area (Å²) in [4.78, 5) is 4.27. The van der Waals surface area contributed by atoms with E-state index in [4.69, 9.17) is 27.9 Å². The Morgan fingerprint density at radius 2 is 2.16 bits per heavy atom. The monoisotopic (exact) mass is 476 g/mol.